The van der Waals surface area contributed by atoms with Gasteiger partial charge in [0.1, 0.15) is 0 Å². The fourth-order valence-corrected chi connectivity index (χ4v) is 7.39. The normalized spacial score (nSPS) is 13.3. The fraction of sp³-hybridized carbons (Fsp3) is 0.0732. The summed E-state index contributed by atoms with van der Waals surface area (Å²) in [5.41, 5.74) is 12.4. The summed E-state index contributed by atoms with van der Waals surface area (Å²) in [7, 11) is 0. The van der Waals surface area contributed by atoms with Crippen LogP contribution in [-0.2, 0) is 5.41 Å². The zero-order valence-electron chi connectivity index (χ0n) is 24.8. The lowest BCUT2D eigenvalue weighted by molar-refractivity contribution is 0.660. The monoisotopic (exact) mass is 574 g/mol. The predicted molar refractivity (Wildman–Crippen MR) is 183 cm³/mol. The molecule has 3 heterocycles. The summed E-state index contributed by atoms with van der Waals surface area (Å²) in [6, 6.07) is 40.5. The van der Waals surface area contributed by atoms with Crippen molar-refractivity contribution in [3.8, 4) is 39.6 Å². The van der Waals surface area contributed by atoms with E-state index in [1.54, 1.807) is 0 Å². The molecular weight excluding hydrogens is 548 g/mol. The van der Waals surface area contributed by atoms with Gasteiger partial charge in [0.25, 0.3) is 0 Å². The maximum atomic E-state index is 9.54. The standard InChI is InChI=1S/C41H26N4/c1-41(2)33-20-24(23-42)14-16-28(33)29-17-15-26(22-34(29)41)25-8-5-9-27(21-25)38-37-32-12-7-19-44-40(32)39-31(11-6-18-43-39)36(37)30-10-3-4-13-35(30)45-38/h3-22H,1-2H3. The van der Waals surface area contributed by atoms with E-state index in [0.717, 1.165) is 65.9 Å². The lowest BCUT2D eigenvalue weighted by atomic mass is 9.81. The minimum atomic E-state index is -0.206. The second-order valence-electron chi connectivity index (χ2n) is 12.4. The number of hydrogen-bond acceptors (Lipinski definition) is 4. The molecule has 210 valence electrons. The Morgan fingerprint density at radius 1 is 0.578 bits per heavy atom. The number of benzene rings is 5. The van der Waals surface area contributed by atoms with Gasteiger partial charge in [0.2, 0.25) is 0 Å². The van der Waals surface area contributed by atoms with Crippen LogP contribution in [0.3, 0.4) is 0 Å². The molecule has 4 nitrogen and oxygen atoms in total. The van der Waals surface area contributed by atoms with Crippen molar-refractivity contribution in [3.05, 3.63) is 138 Å². The maximum absolute atomic E-state index is 9.54. The van der Waals surface area contributed by atoms with Crippen LogP contribution in [0.5, 0.6) is 0 Å². The van der Waals surface area contributed by atoms with Crippen molar-refractivity contribution in [1.29, 1.82) is 5.26 Å². The molecule has 0 saturated heterocycles. The third-order valence-electron chi connectivity index (χ3n) is 9.55. The van der Waals surface area contributed by atoms with E-state index in [1.807, 2.05) is 42.7 Å². The van der Waals surface area contributed by atoms with Crippen molar-refractivity contribution >= 4 is 43.5 Å². The number of nitrogens with zero attached hydrogens (tertiary/aromatic N) is 4. The Balaban J connectivity index is 1.29. The van der Waals surface area contributed by atoms with Crippen LogP contribution in [0.2, 0.25) is 0 Å². The van der Waals surface area contributed by atoms with Crippen LogP contribution in [0.4, 0.5) is 0 Å². The van der Waals surface area contributed by atoms with Crippen LogP contribution in [0.1, 0.15) is 30.5 Å². The number of hydrogen-bond donors (Lipinski definition) is 0. The van der Waals surface area contributed by atoms with Gasteiger partial charge in [-0.2, -0.15) is 5.26 Å². The molecule has 0 atom stereocenters. The Bertz CT molecular complexity index is 2590. The summed E-state index contributed by atoms with van der Waals surface area (Å²) in [5.74, 6) is 0. The average molecular weight is 575 g/mol. The number of aromatic nitrogens is 3. The quantitative estimate of drug-likeness (QED) is 0.193. The number of nitriles is 1. The van der Waals surface area contributed by atoms with Crippen LogP contribution >= 0.6 is 0 Å². The SMILES string of the molecule is CC1(C)c2cc(C#N)ccc2-c2ccc(-c3cccc(-c4nc5ccccc5c5c6cccnc6c6ncccc6c45)c3)cc21. The highest BCUT2D eigenvalue weighted by atomic mass is 14.7. The number of rotatable bonds is 2. The predicted octanol–water partition coefficient (Wildman–Crippen LogP) is 10.00. The summed E-state index contributed by atoms with van der Waals surface area (Å²) in [6.45, 7) is 4.50. The van der Waals surface area contributed by atoms with Crippen LogP contribution < -0.4 is 0 Å². The second-order valence-corrected chi connectivity index (χ2v) is 12.4. The lowest BCUT2D eigenvalue weighted by Gasteiger charge is -2.22. The van der Waals surface area contributed by atoms with E-state index in [1.165, 1.54) is 22.3 Å². The van der Waals surface area contributed by atoms with Gasteiger partial charge in [-0.3, -0.25) is 9.97 Å². The van der Waals surface area contributed by atoms with E-state index in [2.05, 4.69) is 98.8 Å². The molecule has 0 fully saturated rings. The molecule has 9 rings (SSSR count). The first kappa shape index (κ1) is 25.6. The molecule has 1 aliphatic carbocycles. The van der Waals surface area contributed by atoms with Gasteiger partial charge in [0, 0.05) is 50.3 Å². The fourth-order valence-electron chi connectivity index (χ4n) is 7.39. The Hall–Kier alpha value is -5.92. The van der Waals surface area contributed by atoms with Crippen molar-refractivity contribution in [2.45, 2.75) is 19.3 Å². The van der Waals surface area contributed by atoms with E-state index in [9.17, 15) is 5.26 Å². The number of fused-ring (bicyclic) bond motifs is 11. The van der Waals surface area contributed by atoms with Crippen LogP contribution in [0, 0.1) is 11.3 Å². The number of pyridine rings is 3. The second kappa shape index (κ2) is 9.29. The van der Waals surface area contributed by atoms with Crippen LogP contribution in [-0.4, -0.2) is 15.0 Å². The highest BCUT2D eigenvalue weighted by Crippen LogP contribution is 2.50. The first-order valence-electron chi connectivity index (χ1n) is 15.2. The molecule has 0 spiro atoms. The molecule has 8 aromatic rings. The maximum Gasteiger partial charge on any atom is 0.0991 e. The van der Waals surface area contributed by atoms with Crippen molar-refractivity contribution in [1.82, 2.24) is 15.0 Å². The molecule has 0 radical (unpaired) electrons. The van der Waals surface area contributed by atoms with Gasteiger partial charge in [0.15, 0.2) is 0 Å². The Morgan fingerprint density at radius 2 is 1.22 bits per heavy atom. The molecule has 0 amide bonds. The molecule has 45 heavy (non-hydrogen) atoms. The third kappa shape index (κ3) is 3.62. The van der Waals surface area contributed by atoms with Gasteiger partial charge >= 0.3 is 0 Å². The van der Waals surface area contributed by atoms with Crippen molar-refractivity contribution in [3.63, 3.8) is 0 Å². The summed E-state index contributed by atoms with van der Waals surface area (Å²) in [5, 5.41) is 15.0. The number of para-hydroxylation sites is 1. The Morgan fingerprint density at radius 3 is 2.00 bits per heavy atom. The first-order valence-corrected chi connectivity index (χ1v) is 15.2. The Labute approximate surface area is 260 Å². The van der Waals surface area contributed by atoms with Gasteiger partial charge < -0.3 is 0 Å². The summed E-state index contributed by atoms with van der Waals surface area (Å²) in [6.07, 6.45) is 3.68. The molecule has 0 saturated carbocycles. The van der Waals surface area contributed by atoms with Crippen molar-refractivity contribution < 1.29 is 0 Å². The molecule has 1 aliphatic rings. The Kier molecular flexibility index (Phi) is 5.28. The summed E-state index contributed by atoms with van der Waals surface area (Å²) < 4.78 is 0. The minimum Gasteiger partial charge on any atom is -0.254 e. The van der Waals surface area contributed by atoms with Gasteiger partial charge in [-0.25, -0.2) is 4.98 Å². The average Bonchev–Trinajstić information content (AvgIpc) is 3.32. The lowest BCUT2D eigenvalue weighted by Crippen LogP contribution is -2.15. The molecule has 0 aliphatic heterocycles. The minimum absolute atomic E-state index is 0.206. The van der Waals surface area contributed by atoms with Crippen molar-refractivity contribution in [2.75, 3.05) is 0 Å². The van der Waals surface area contributed by atoms with Gasteiger partial charge in [0.05, 0.1) is 33.9 Å². The molecule has 5 aromatic carbocycles. The topological polar surface area (TPSA) is 62.5 Å². The van der Waals surface area contributed by atoms with E-state index in [4.69, 9.17) is 15.0 Å². The molecule has 0 N–H and O–H groups in total. The molecular formula is C41H26N4. The molecule has 0 bridgehead atoms. The van der Waals surface area contributed by atoms with Crippen molar-refractivity contribution in [2.24, 2.45) is 0 Å². The van der Waals surface area contributed by atoms with Gasteiger partial charge in [-0.05, 0) is 75.8 Å². The summed E-state index contributed by atoms with van der Waals surface area (Å²) >= 11 is 0. The van der Waals surface area contributed by atoms with Gasteiger partial charge in [-0.15, -0.1) is 0 Å². The van der Waals surface area contributed by atoms with E-state index < -0.39 is 0 Å². The zero-order chi connectivity index (χ0) is 30.3. The van der Waals surface area contributed by atoms with Crippen LogP contribution in [0.15, 0.2) is 122 Å². The first-order chi connectivity index (χ1) is 22.0. The highest BCUT2D eigenvalue weighted by molar-refractivity contribution is 6.32. The highest BCUT2D eigenvalue weighted by Gasteiger charge is 2.35. The third-order valence-corrected chi connectivity index (χ3v) is 9.55. The molecule has 3 aromatic heterocycles. The summed E-state index contributed by atoms with van der Waals surface area (Å²) in [4.78, 5) is 14.9. The van der Waals surface area contributed by atoms with Crippen LogP contribution in [0.25, 0.3) is 77.0 Å². The molecule has 0 unspecified atom stereocenters. The zero-order valence-corrected chi connectivity index (χ0v) is 24.8. The smallest absolute Gasteiger partial charge is 0.0991 e. The van der Waals surface area contributed by atoms with E-state index in [-0.39, 0.29) is 5.41 Å². The molecule has 4 heteroatoms. The van der Waals surface area contributed by atoms with Gasteiger partial charge in [-0.1, -0.05) is 80.6 Å². The largest absolute Gasteiger partial charge is 0.254 e. The van der Waals surface area contributed by atoms with E-state index in [0.29, 0.717) is 5.56 Å². The van der Waals surface area contributed by atoms with E-state index >= 15 is 0 Å².